The Morgan fingerprint density at radius 1 is 1.25 bits per heavy atom. The Morgan fingerprint density at radius 2 is 2.14 bits per heavy atom. The molecule has 0 spiro atoms. The van der Waals surface area contributed by atoms with Crippen LogP contribution in [0.15, 0.2) is 47.5 Å². The maximum atomic E-state index is 12.4. The molecular weight excluding hydrogens is 376 g/mol. The van der Waals surface area contributed by atoms with Crippen LogP contribution < -0.4 is 4.90 Å². The zero-order valence-corrected chi connectivity index (χ0v) is 15.8. The first-order valence-electron chi connectivity index (χ1n) is 8.74. The molecule has 28 heavy (non-hydrogen) atoms. The lowest BCUT2D eigenvalue weighted by Crippen LogP contribution is -2.60. The number of nitrogens with zero attached hydrogens (tertiary/aromatic N) is 8. The molecule has 5 rings (SSSR count). The zero-order valence-electron chi connectivity index (χ0n) is 15.0. The highest BCUT2D eigenvalue weighted by Gasteiger charge is 2.34. The van der Waals surface area contributed by atoms with E-state index in [9.17, 15) is 4.79 Å². The van der Waals surface area contributed by atoms with Crippen LogP contribution in [0.5, 0.6) is 0 Å². The Labute approximate surface area is 164 Å². The Balaban J connectivity index is 1.35. The lowest BCUT2D eigenvalue weighted by molar-refractivity contribution is 0.0700. The largest absolute Gasteiger partial charge is 0.351 e. The molecule has 9 nitrogen and oxygen atoms in total. The lowest BCUT2D eigenvalue weighted by Gasteiger charge is -2.44. The van der Waals surface area contributed by atoms with E-state index in [1.54, 1.807) is 32.7 Å². The SMILES string of the molecule is CN(C(=O)c1cscn1)C1CN(c2ccc3nnc(-c4cccnc4)n3n2)C1. The molecule has 0 bridgehead atoms. The minimum absolute atomic E-state index is 0.0491. The van der Waals surface area contributed by atoms with E-state index in [4.69, 9.17) is 5.10 Å². The van der Waals surface area contributed by atoms with Gasteiger partial charge in [-0.05, 0) is 24.3 Å². The predicted molar refractivity (Wildman–Crippen MR) is 104 cm³/mol. The summed E-state index contributed by atoms with van der Waals surface area (Å²) in [5.74, 6) is 1.42. The Bertz CT molecular complexity index is 1120. The van der Waals surface area contributed by atoms with Crippen LogP contribution in [0.1, 0.15) is 10.5 Å². The van der Waals surface area contributed by atoms with Gasteiger partial charge in [0.2, 0.25) is 0 Å². The minimum atomic E-state index is -0.0491. The third-order valence-corrected chi connectivity index (χ3v) is 5.46. The molecule has 10 heteroatoms. The van der Waals surface area contributed by atoms with Crippen molar-refractivity contribution in [3.63, 3.8) is 0 Å². The van der Waals surface area contributed by atoms with Crippen molar-refractivity contribution in [1.82, 2.24) is 34.7 Å². The summed E-state index contributed by atoms with van der Waals surface area (Å²) >= 11 is 1.42. The summed E-state index contributed by atoms with van der Waals surface area (Å²) in [4.78, 5) is 24.6. The van der Waals surface area contributed by atoms with E-state index in [0.29, 0.717) is 17.2 Å². The number of carbonyl (C=O) groups is 1. The standard InChI is InChI=1S/C18H16N8OS/c1-24(18(27)14-10-28-11-20-14)13-8-25(9-13)16-5-4-15-21-22-17(26(15)23-16)12-3-2-6-19-7-12/h2-7,10-11,13H,8-9H2,1H3. The quantitative estimate of drug-likeness (QED) is 0.521. The fourth-order valence-corrected chi connectivity index (χ4v) is 3.70. The maximum Gasteiger partial charge on any atom is 0.273 e. The first-order chi connectivity index (χ1) is 13.7. The Hall–Kier alpha value is -3.40. The first-order valence-corrected chi connectivity index (χ1v) is 9.68. The highest BCUT2D eigenvalue weighted by molar-refractivity contribution is 7.07. The van der Waals surface area contributed by atoms with E-state index in [-0.39, 0.29) is 11.9 Å². The Morgan fingerprint density at radius 3 is 2.89 bits per heavy atom. The van der Waals surface area contributed by atoms with Gasteiger partial charge in [0.25, 0.3) is 5.91 Å². The molecule has 140 valence electrons. The van der Waals surface area contributed by atoms with E-state index >= 15 is 0 Å². The van der Waals surface area contributed by atoms with Gasteiger partial charge in [-0.25, -0.2) is 4.98 Å². The molecule has 0 atom stereocenters. The van der Waals surface area contributed by atoms with Gasteiger partial charge in [-0.1, -0.05) is 0 Å². The monoisotopic (exact) mass is 392 g/mol. The smallest absolute Gasteiger partial charge is 0.273 e. The lowest BCUT2D eigenvalue weighted by atomic mass is 10.1. The molecule has 0 aliphatic carbocycles. The molecule has 0 unspecified atom stereocenters. The van der Waals surface area contributed by atoms with Gasteiger partial charge in [-0.3, -0.25) is 9.78 Å². The fourth-order valence-electron chi connectivity index (χ4n) is 3.17. The second-order valence-electron chi connectivity index (χ2n) is 6.58. The number of amides is 1. The van der Waals surface area contributed by atoms with Crippen molar-refractivity contribution in [2.24, 2.45) is 0 Å². The van der Waals surface area contributed by atoms with Crippen LogP contribution in [0.4, 0.5) is 5.82 Å². The fraction of sp³-hybridized carbons (Fsp3) is 0.222. The van der Waals surface area contributed by atoms with Gasteiger partial charge >= 0.3 is 0 Å². The first kappa shape index (κ1) is 16.8. The molecular formula is C18H16N8OS. The number of anilines is 1. The van der Waals surface area contributed by atoms with Gasteiger partial charge in [-0.15, -0.1) is 26.6 Å². The zero-order chi connectivity index (χ0) is 19.1. The van der Waals surface area contributed by atoms with Crippen LogP contribution in [-0.4, -0.2) is 66.8 Å². The highest BCUT2D eigenvalue weighted by Crippen LogP contribution is 2.24. The average molecular weight is 392 g/mol. The normalized spacial score (nSPS) is 14.2. The molecule has 5 heterocycles. The van der Waals surface area contributed by atoms with Gasteiger partial charge in [0.15, 0.2) is 11.5 Å². The summed E-state index contributed by atoms with van der Waals surface area (Å²) in [6, 6.07) is 7.74. The van der Waals surface area contributed by atoms with Crippen LogP contribution in [0.3, 0.4) is 0 Å². The van der Waals surface area contributed by atoms with Gasteiger partial charge in [-0.2, -0.15) is 4.52 Å². The van der Waals surface area contributed by atoms with Gasteiger partial charge in [0, 0.05) is 43.5 Å². The number of hydrogen-bond acceptors (Lipinski definition) is 8. The van der Waals surface area contributed by atoms with E-state index in [2.05, 4.69) is 25.1 Å². The van der Waals surface area contributed by atoms with Crippen LogP contribution in [0.25, 0.3) is 17.0 Å². The molecule has 4 aromatic rings. The maximum absolute atomic E-state index is 12.4. The highest BCUT2D eigenvalue weighted by atomic mass is 32.1. The van der Waals surface area contributed by atoms with Gasteiger partial charge in [0.1, 0.15) is 11.5 Å². The molecule has 0 radical (unpaired) electrons. The van der Waals surface area contributed by atoms with E-state index < -0.39 is 0 Å². The van der Waals surface area contributed by atoms with Crippen LogP contribution >= 0.6 is 11.3 Å². The number of rotatable bonds is 4. The summed E-state index contributed by atoms with van der Waals surface area (Å²) in [5.41, 5.74) is 3.70. The molecule has 1 amide bonds. The number of likely N-dealkylation sites (N-methyl/N-ethyl adjacent to an activating group) is 1. The van der Waals surface area contributed by atoms with E-state index in [1.165, 1.54) is 11.3 Å². The third kappa shape index (κ3) is 2.78. The van der Waals surface area contributed by atoms with Crippen molar-refractivity contribution in [3.05, 3.63) is 53.2 Å². The molecule has 1 saturated heterocycles. The molecule has 0 N–H and O–H groups in total. The third-order valence-electron chi connectivity index (χ3n) is 4.87. The van der Waals surface area contributed by atoms with E-state index in [0.717, 1.165) is 24.5 Å². The molecule has 1 aliphatic heterocycles. The number of aromatic nitrogens is 6. The number of thiazole rings is 1. The van der Waals surface area contributed by atoms with Crippen molar-refractivity contribution in [2.45, 2.75) is 6.04 Å². The summed E-state index contributed by atoms with van der Waals surface area (Å²) in [6.07, 6.45) is 3.46. The second kappa shape index (κ2) is 6.64. The minimum Gasteiger partial charge on any atom is -0.351 e. The molecule has 1 fully saturated rings. The molecule has 0 aromatic carbocycles. The van der Waals surface area contributed by atoms with Gasteiger partial charge < -0.3 is 9.80 Å². The topological polar surface area (TPSA) is 92.4 Å². The number of hydrogen-bond donors (Lipinski definition) is 0. The van der Waals surface area contributed by atoms with Crippen molar-refractivity contribution in [1.29, 1.82) is 0 Å². The predicted octanol–water partition coefficient (Wildman–Crippen LogP) is 1.60. The van der Waals surface area contributed by atoms with Crippen LogP contribution in [-0.2, 0) is 0 Å². The number of pyridine rings is 1. The summed E-state index contributed by atoms with van der Waals surface area (Å²) in [7, 11) is 1.82. The molecule has 0 saturated carbocycles. The summed E-state index contributed by atoms with van der Waals surface area (Å²) < 4.78 is 1.73. The van der Waals surface area contributed by atoms with Crippen molar-refractivity contribution < 1.29 is 4.79 Å². The van der Waals surface area contributed by atoms with Crippen molar-refractivity contribution >= 4 is 28.7 Å². The van der Waals surface area contributed by atoms with Crippen molar-refractivity contribution in [3.8, 4) is 11.4 Å². The summed E-state index contributed by atoms with van der Waals surface area (Å²) in [6.45, 7) is 1.43. The molecule has 4 aromatic heterocycles. The molecule has 1 aliphatic rings. The van der Waals surface area contributed by atoms with Gasteiger partial charge in [0.05, 0.1) is 11.6 Å². The Kier molecular flexibility index (Phi) is 3.97. The second-order valence-corrected chi connectivity index (χ2v) is 7.29. The summed E-state index contributed by atoms with van der Waals surface area (Å²) in [5, 5.41) is 14.9. The van der Waals surface area contributed by atoms with Crippen LogP contribution in [0, 0.1) is 0 Å². The number of carbonyl (C=O) groups excluding carboxylic acids is 1. The van der Waals surface area contributed by atoms with Crippen molar-refractivity contribution in [2.75, 3.05) is 25.0 Å². The van der Waals surface area contributed by atoms with Crippen LogP contribution in [0.2, 0.25) is 0 Å². The van der Waals surface area contributed by atoms with E-state index in [1.807, 2.05) is 31.3 Å². The number of fused-ring (bicyclic) bond motifs is 1. The average Bonchev–Trinajstić information content (AvgIpc) is 3.36.